The summed E-state index contributed by atoms with van der Waals surface area (Å²) >= 11 is 3.35. The molecule has 160 valence electrons. The zero-order valence-corrected chi connectivity index (χ0v) is 18.4. The Bertz CT molecular complexity index is 652. The molecule has 4 aliphatic rings. The minimum absolute atomic E-state index is 0.0522. The van der Waals surface area contributed by atoms with Crippen molar-refractivity contribution in [1.29, 1.82) is 0 Å². The number of carbonyl (C=O) groups excluding carboxylic acids is 1. The van der Waals surface area contributed by atoms with Gasteiger partial charge in [0.1, 0.15) is 5.78 Å². The number of hydrogen-bond donors (Lipinski definition) is 1. The number of hydrogen-bond acceptors (Lipinski definition) is 2. The van der Waals surface area contributed by atoms with Crippen molar-refractivity contribution >= 4 is 21.7 Å². The first kappa shape index (κ1) is 21.1. The van der Waals surface area contributed by atoms with Crippen LogP contribution in [-0.2, 0) is 4.79 Å². The molecule has 4 fully saturated rings. The fraction of sp³-hybridized carbons (Fsp3) is 0.955. The third-order valence-corrected chi connectivity index (χ3v) is 10.3. The molecule has 0 radical (unpaired) electrons. The zero-order valence-electron chi connectivity index (χ0n) is 16.8. The first-order valence-electron chi connectivity index (χ1n) is 10.8. The maximum absolute atomic E-state index is 13.4. The molecule has 4 aliphatic carbocycles. The van der Waals surface area contributed by atoms with Crippen molar-refractivity contribution < 1.29 is 23.1 Å². The molecule has 8 atom stereocenters. The van der Waals surface area contributed by atoms with Crippen molar-refractivity contribution in [1.82, 2.24) is 0 Å². The van der Waals surface area contributed by atoms with Gasteiger partial charge in [0, 0.05) is 5.92 Å². The van der Waals surface area contributed by atoms with Crippen LogP contribution in [0.2, 0.25) is 0 Å². The quantitative estimate of drug-likeness (QED) is 0.516. The van der Waals surface area contributed by atoms with Crippen LogP contribution >= 0.6 is 15.9 Å². The van der Waals surface area contributed by atoms with Crippen molar-refractivity contribution in [3.05, 3.63) is 0 Å². The van der Waals surface area contributed by atoms with E-state index in [9.17, 15) is 23.1 Å². The van der Waals surface area contributed by atoms with E-state index in [4.69, 9.17) is 0 Å². The molecule has 6 heteroatoms. The van der Waals surface area contributed by atoms with Crippen LogP contribution in [0.25, 0.3) is 0 Å². The maximum atomic E-state index is 13.4. The SMILES string of the molecule is C[C@]12CC[C@](O)(C(F)(F)F)C[C@@H]1CC[C@@H]1[C@@H]2CC[C@]2(C)[C@@H](C(=O)CBr)CC[C@@H]12. The molecule has 2 nitrogen and oxygen atoms in total. The van der Waals surface area contributed by atoms with Crippen LogP contribution in [0.5, 0.6) is 0 Å². The van der Waals surface area contributed by atoms with Gasteiger partial charge in [-0.3, -0.25) is 4.79 Å². The van der Waals surface area contributed by atoms with Gasteiger partial charge in [-0.25, -0.2) is 0 Å². The van der Waals surface area contributed by atoms with Crippen molar-refractivity contribution in [3.63, 3.8) is 0 Å². The summed E-state index contributed by atoms with van der Waals surface area (Å²) < 4.78 is 40.3. The van der Waals surface area contributed by atoms with E-state index >= 15 is 0 Å². The molecule has 0 spiro atoms. The van der Waals surface area contributed by atoms with E-state index in [0.717, 1.165) is 38.5 Å². The highest BCUT2D eigenvalue weighted by atomic mass is 79.9. The molecule has 0 aromatic rings. The molecule has 0 aromatic carbocycles. The second kappa shape index (κ2) is 6.70. The Hall–Kier alpha value is -0.100. The normalized spacial score (nSPS) is 51.2. The second-order valence-electron chi connectivity index (χ2n) is 10.7. The lowest BCUT2D eigenvalue weighted by Gasteiger charge is -2.62. The van der Waals surface area contributed by atoms with E-state index in [2.05, 4.69) is 29.8 Å². The molecule has 1 N–H and O–H groups in total. The van der Waals surface area contributed by atoms with Crippen LogP contribution in [-0.4, -0.2) is 28.0 Å². The summed E-state index contributed by atoms with van der Waals surface area (Å²) in [6, 6.07) is 0. The van der Waals surface area contributed by atoms with Crippen molar-refractivity contribution in [2.75, 3.05) is 5.33 Å². The van der Waals surface area contributed by atoms with E-state index in [-0.39, 0.29) is 35.5 Å². The maximum Gasteiger partial charge on any atom is 0.417 e. The first-order chi connectivity index (χ1) is 13.0. The molecule has 0 aromatic heterocycles. The van der Waals surface area contributed by atoms with Crippen LogP contribution in [0.15, 0.2) is 0 Å². The number of aliphatic hydroxyl groups is 1. The Morgan fingerprint density at radius 1 is 1.00 bits per heavy atom. The lowest BCUT2D eigenvalue weighted by molar-refractivity contribution is -0.290. The van der Waals surface area contributed by atoms with Crippen molar-refractivity contribution in [2.45, 2.75) is 83.4 Å². The number of ketones is 1. The van der Waals surface area contributed by atoms with Crippen LogP contribution in [0.1, 0.15) is 71.6 Å². The van der Waals surface area contributed by atoms with Crippen LogP contribution in [0.4, 0.5) is 13.2 Å². The highest BCUT2D eigenvalue weighted by Crippen LogP contribution is 2.68. The average molecular weight is 465 g/mol. The largest absolute Gasteiger partial charge is 0.417 e. The van der Waals surface area contributed by atoms with Gasteiger partial charge in [0.15, 0.2) is 5.60 Å². The zero-order chi connectivity index (χ0) is 20.5. The fourth-order valence-electron chi connectivity index (χ4n) is 8.13. The molecular weight excluding hydrogens is 433 g/mol. The topological polar surface area (TPSA) is 37.3 Å². The third-order valence-electron chi connectivity index (χ3n) is 9.77. The molecule has 0 aliphatic heterocycles. The highest BCUT2D eigenvalue weighted by molar-refractivity contribution is 9.09. The summed E-state index contributed by atoms with van der Waals surface area (Å²) in [4.78, 5) is 12.5. The fourth-order valence-corrected chi connectivity index (χ4v) is 8.52. The molecule has 28 heavy (non-hydrogen) atoms. The van der Waals surface area contributed by atoms with Gasteiger partial charge in [0.05, 0.1) is 5.33 Å². The lowest BCUT2D eigenvalue weighted by atomic mass is 9.43. The van der Waals surface area contributed by atoms with Crippen molar-refractivity contribution in [2.24, 2.45) is 40.4 Å². The Balaban J connectivity index is 1.57. The standard InChI is InChI=1S/C22H32BrF3O2/c1-19-9-10-21(28,22(24,25)26)11-13(19)3-4-14-15-5-6-17(18(27)12-23)20(15,2)8-7-16(14)19/h13-17,28H,3-12H2,1-2H3/t13-,14-,15-,16-,17+,19-,20-,21+/m0/s1. The van der Waals surface area contributed by atoms with Crippen molar-refractivity contribution in [3.8, 4) is 0 Å². The average Bonchev–Trinajstić information content (AvgIpc) is 2.98. The number of halogens is 4. The highest BCUT2D eigenvalue weighted by Gasteiger charge is 2.65. The van der Waals surface area contributed by atoms with E-state index < -0.39 is 11.8 Å². The van der Waals surface area contributed by atoms with Crippen LogP contribution in [0, 0.1) is 40.4 Å². The van der Waals surface area contributed by atoms with Gasteiger partial charge < -0.3 is 5.11 Å². The smallest absolute Gasteiger partial charge is 0.380 e. The summed E-state index contributed by atoms with van der Waals surface area (Å²) in [7, 11) is 0. The monoisotopic (exact) mass is 464 g/mol. The van der Waals surface area contributed by atoms with Gasteiger partial charge in [0.25, 0.3) is 0 Å². The summed E-state index contributed by atoms with van der Waals surface area (Å²) in [6.07, 6.45) is 1.41. The minimum atomic E-state index is -4.54. The van der Waals surface area contributed by atoms with Gasteiger partial charge >= 0.3 is 6.18 Å². The van der Waals surface area contributed by atoms with E-state index in [1.165, 1.54) is 0 Å². The molecule has 0 heterocycles. The lowest BCUT2D eigenvalue weighted by Crippen LogP contribution is -2.59. The van der Waals surface area contributed by atoms with E-state index in [1.807, 2.05) is 0 Å². The van der Waals surface area contributed by atoms with Crippen LogP contribution < -0.4 is 0 Å². The van der Waals surface area contributed by atoms with Gasteiger partial charge in [0.2, 0.25) is 0 Å². The molecule has 0 amide bonds. The number of carbonyl (C=O) groups is 1. The molecule has 4 saturated carbocycles. The summed E-state index contributed by atoms with van der Waals surface area (Å²) in [6.45, 7) is 4.49. The second-order valence-corrected chi connectivity index (χ2v) is 11.2. The minimum Gasteiger partial charge on any atom is -0.380 e. The third kappa shape index (κ3) is 2.86. The molecule has 0 bridgehead atoms. The van der Waals surface area contributed by atoms with Gasteiger partial charge in [-0.15, -0.1) is 0 Å². The number of alkyl halides is 4. The summed E-state index contributed by atoms with van der Waals surface area (Å²) in [5.41, 5.74) is -2.57. The number of Topliss-reactive ketones (excluding diaryl/α,β-unsaturated/α-hetero) is 1. The molecule has 0 unspecified atom stereocenters. The number of rotatable bonds is 2. The van der Waals surface area contributed by atoms with Gasteiger partial charge in [-0.05, 0) is 92.3 Å². The van der Waals surface area contributed by atoms with Gasteiger partial charge in [-0.2, -0.15) is 13.2 Å². The molecule has 0 saturated heterocycles. The van der Waals surface area contributed by atoms with Crippen LogP contribution in [0.3, 0.4) is 0 Å². The Labute approximate surface area is 174 Å². The summed E-state index contributed by atoms with van der Waals surface area (Å²) in [5, 5.41) is 10.7. The van der Waals surface area contributed by atoms with E-state index in [1.54, 1.807) is 0 Å². The van der Waals surface area contributed by atoms with E-state index in [0.29, 0.717) is 35.3 Å². The Morgan fingerprint density at radius 2 is 1.68 bits per heavy atom. The number of fused-ring (bicyclic) bond motifs is 5. The first-order valence-corrected chi connectivity index (χ1v) is 12.0. The Kier molecular flexibility index (Phi) is 5.06. The van der Waals surface area contributed by atoms with Gasteiger partial charge in [-0.1, -0.05) is 29.8 Å². The summed E-state index contributed by atoms with van der Waals surface area (Å²) in [5.74, 6) is 1.85. The molecule has 4 rings (SSSR count). The molecular formula is C22H32BrF3O2. The predicted octanol–water partition coefficient (Wildman–Crippen LogP) is 5.90. The Morgan fingerprint density at radius 3 is 2.32 bits per heavy atom. The predicted molar refractivity (Wildman–Crippen MR) is 105 cm³/mol.